The van der Waals surface area contributed by atoms with Gasteiger partial charge in [-0.3, -0.25) is 0 Å². The molecule has 1 aromatic carbocycles. The van der Waals surface area contributed by atoms with Crippen molar-refractivity contribution in [1.29, 1.82) is 0 Å². The lowest BCUT2D eigenvalue weighted by Crippen LogP contribution is -1.95. The fraction of sp³-hybridized carbons (Fsp3) is 0.357. The number of thioether (sulfide) groups is 1. The van der Waals surface area contributed by atoms with E-state index in [4.69, 9.17) is 10.7 Å². The largest absolute Gasteiger partial charge is 0.326 e. The number of thiazole rings is 1. The van der Waals surface area contributed by atoms with Crippen molar-refractivity contribution < 1.29 is 0 Å². The highest BCUT2D eigenvalue weighted by Gasteiger charge is 2.23. The van der Waals surface area contributed by atoms with Gasteiger partial charge in [0.05, 0.1) is 10.9 Å². The van der Waals surface area contributed by atoms with E-state index in [0.29, 0.717) is 11.8 Å². The number of hydrogen-bond acceptors (Lipinski definition) is 4. The van der Waals surface area contributed by atoms with Crippen LogP contribution < -0.4 is 5.73 Å². The number of rotatable bonds is 3. The Labute approximate surface area is 116 Å². The quantitative estimate of drug-likeness (QED) is 0.926. The Kier molecular flexibility index (Phi) is 3.68. The predicted octanol–water partition coefficient (Wildman–Crippen LogP) is 3.84. The van der Waals surface area contributed by atoms with E-state index in [1.165, 1.54) is 34.0 Å². The van der Waals surface area contributed by atoms with Crippen LogP contribution in [0.5, 0.6) is 0 Å². The summed E-state index contributed by atoms with van der Waals surface area (Å²) in [4.78, 5) is 6.06. The van der Waals surface area contributed by atoms with Crippen LogP contribution in [-0.2, 0) is 6.54 Å². The molecule has 2 aromatic rings. The summed E-state index contributed by atoms with van der Waals surface area (Å²) in [6.45, 7) is 0.583. The molecule has 2 nitrogen and oxygen atoms in total. The molecule has 2 N–H and O–H groups in total. The first-order chi connectivity index (χ1) is 8.88. The van der Waals surface area contributed by atoms with Gasteiger partial charge in [0.25, 0.3) is 0 Å². The summed E-state index contributed by atoms with van der Waals surface area (Å²) < 4.78 is 0. The number of nitrogens with two attached hydrogens (primary N) is 1. The zero-order valence-corrected chi connectivity index (χ0v) is 11.8. The molecule has 1 aliphatic rings. The molecule has 4 heteroatoms. The van der Waals surface area contributed by atoms with Gasteiger partial charge in [-0.05, 0) is 18.6 Å². The minimum atomic E-state index is 0.583. The van der Waals surface area contributed by atoms with E-state index >= 15 is 0 Å². The summed E-state index contributed by atoms with van der Waals surface area (Å²) in [6.07, 6.45) is 2.57. The zero-order chi connectivity index (χ0) is 12.4. The molecule has 0 radical (unpaired) electrons. The predicted molar refractivity (Wildman–Crippen MR) is 79.9 cm³/mol. The van der Waals surface area contributed by atoms with Crippen LogP contribution in [0.25, 0.3) is 11.3 Å². The average molecular weight is 276 g/mol. The second kappa shape index (κ2) is 5.43. The number of hydrogen-bond donors (Lipinski definition) is 1. The first kappa shape index (κ1) is 12.2. The molecule has 94 valence electrons. The lowest BCUT2D eigenvalue weighted by Gasteiger charge is -2.02. The fourth-order valence-electron chi connectivity index (χ4n) is 2.24. The van der Waals surface area contributed by atoms with Gasteiger partial charge in [0, 0.05) is 17.0 Å². The third-order valence-electron chi connectivity index (χ3n) is 3.15. The third kappa shape index (κ3) is 2.32. The van der Waals surface area contributed by atoms with Crippen molar-refractivity contribution in [1.82, 2.24) is 4.98 Å². The van der Waals surface area contributed by atoms with Gasteiger partial charge in [0.2, 0.25) is 0 Å². The summed E-state index contributed by atoms with van der Waals surface area (Å²) in [5.74, 6) is 1.27. The van der Waals surface area contributed by atoms with Crippen molar-refractivity contribution in [3.05, 3.63) is 40.2 Å². The van der Waals surface area contributed by atoms with E-state index in [-0.39, 0.29) is 0 Å². The maximum Gasteiger partial charge on any atom is 0.107 e. The van der Waals surface area contributed by atoms with Crippen molar-refractivity contribution in [2.24, 2.45) is 5.73 Å². The average Bonchev–Trinajstić information content (AvgIpc) is 3.08. The molecule has 1 aromatic heterocycles. The highest BCUT2D eigenvalue weighted by molar-refractivity contribution is 7.99. The molecular formula is C14H16N2S2. The Hall–Kier alpha value is -0.840. The lowest BCUT2D eigenvalue weighted by atomic mass is 10.1. The van der Waals surface area contributed by atoms with Gasteiger partial charge in [-0.1, -0.05) is 30.3 Å². The SMILES string of the molecule is NCc1sc(C2CCCS2)nc1-c1ccccc1. The summed E-state index contributed by atoms with van der Waals surface area (Å²) in [5, 5.41) is 1.86. The van der Waals surface area contributed by atoms with E-state index in [1.54, 1.807) is 11.3 Å². The van der Waals surface area contributed by atoms with E-state index in [9.17, 15) is 0 Å². The van der Waals surface area contributed by atoms with Crippen LogP contribution in [0.4, 0.5) is 0 Å². The summed E-state index contributed by atoms with van der Waals surface area (Å²) in [6, 6.07) is 10.4. The van der Waals surface area contributed by atoms with Gasteiger partial charge >= 0.3 is 0 Å². The van der Waals surface area contributed by atoms with Crippen LogP contribution in [0.3, 0.4) is 0 Å². The molecule has 0 amide bonds. The van der Waals surface area contributed by atoms with Crippen LogP contribution >= 0.6 is 23.1 Å². The molecule has 0 spiro atoms. The second-order valence-electron chi connectivity index (χ2n) is 4.40. The van der Waals surface area contributed by atoms with Crippen LogP contribution in [0.2, 0.25) is 0 Å². The zero-order valence-electron chi connectivity index (χ0n) is 10.1. The molecule has 0 bridgehead atoms. The summed E-state index contributed by atoms with van der Waals surface area (Å²) in [5.41, 5.74) is 8.14. The van der Waals surface area contributed by atoms with Crippen molar-refractivity contribution in [3.63, 3.8) is 0 Å². The standard InChI is InChI=1S/C14H16N2S2/c15-9-12-13(10-5-2-1-3-6-10)16-14(18-12)11-7-4-8-17-11/h1-3,5-6,11H,4,7-9,15H2. The van der Waals surface area contributed by atoms with Crippen LogP contribution in [0, 0.1) is 0 Å². The Morgan fingerprint density at radius 1 is 1.28 bits per heavy atom. The summed E-state index contributed by atoms with van der Waals surface area (Å²) >= 11 is 3.82. The second-order valence-corrected chi connectivity index (χ2v) is 6.82. The molecule has 18 heavy (non-hydrogen) atoms. The molecule has 3 rings (SSSR count). The van der Waals surface area contributed by atoms with Crippen LogP contribution in [-0.4, -0.2) is 10.7 Å². The third-order valence-corrected chi connectivity index (χ3v) is 5.88. The monoisotopic (exact) mass is 276 g/mol. The van der Waals surface area contributed by atoms with Crippen LogP contribution in [0.15, 0.2) is 30.3 Å². The van der Waals surface area contributed by atoms with Crippen LogP contribution in [0.1, 0.15) is 28.0 Å². The number of aromatic nitrogens is 1. The molecule has 1 saturated heterocycles. The van der Waals surface area contributed by atoms with Gasteiger partial charge < -0.3 is 5.73 Å². The smallest absolute Gasteiger partial charge is 0.107 e. The minimum Gasteiger partial charge on any atom is -0.326 e. The highest BCUT2D eigenvalue weighted by atomic mass is 32.2. The molecule has 1 unspecified atom stereocenters. The molecule has 1 aliphatic heterocycles. The van der Waals surface area contributed by atoms with Crippen molar-refractivity contribution in [2.45, 2.75) is 24.6 Å². The fourth-order valence-corrected chi connectivity index (χ4v) is 4.72. The van der Waals surface area contributed by atoms with E-state index in [2.05, 4.69) is 24.3 Å². The van der Waals surface area contributed by atoms with Crippen molar-refractivity contribution in [2.75, 3.05) is 5.75 Å². The molecule has 2 heterocycles. The Bertz CT molecular complexity index is 516. The number of benzene rings is 1. The first-order valence-corrected chi connectivity index (χ1v) is 8.11. The maximum atomic E-state index is 5.86. The van der Waals surface area contributed by atoms with E-state index in [0.717, 1.165) is 5.69 Å². The molecular weight excluding hydrogens is 260 g/mol. The minimum absolute atomic E-state index is 0.583. The molecule has 0 saturated carbocycles. The molecule has 0 aliphatic carbocycles. The first-order valence-electron chi connectivity index (χ1n) is 6.25. The van der Waals surface area contributed by atoms with Gasteiger partial charge in [-0.15, -0.1) is 11.3 Å². The lowest BCUT2D eigenvalue weighted by molar-refractivity contribution is 0.823. The van der Waals surface area contributed by atoms with Gasteiger partial charge in [0.1, 0.15) is 5.01 Å². The topological polar surface area (TPSA) is 38.9 Å². The van der Waals surface area contributed by atoms with Gasteiger partial charge in [-0.2, -0.15) is 11.8 Å². The van der Waals surface area contributed by atoms with Gasteiger partial charge in [0.15, 0.2) is 0 Å². The van der Waals surface area contributed by atoms with Gasteiger partial charge in [-0.25, -0.2) is 4.98 Å². The molecule has 1 atom stereocenters. The van der Waals surface area contributed by atoms with Crippen molar-refractivity contribution >= 4 is 23.1 Å². The highest BCUT2D eigenvalue weighted by Crippen LogP contribution is 2.43. The molecule has 1 fully saturated rings. The van der Waals surface area contributed by atoms with E-state index < -0.39 is 0 Å². The normalized spacial score (nSPS) is 19.3. The maximum absolute atomic E-state index is 5.86. The number of nitrogens with zero attached hydrogens (tertiary/aromatic N) is 1. The summed E-state index contributed by atoms with van der Waals surface area (Å²) in [7, 11) is 0. The Balaban J connectivity index is 1.98. The Morgan fingerprint density at radius 3 is 2.78 bits per heavy atom. The van der Waals surface area contributed by atoms with E-state index in [1.807, 2.05) is 17.8 Å². The Morgan fingerprint density at radius 2 is 2.11 bits per heavy atom. The van der Waals surface area contributed by atoms with Crippen molar-refractivity contribution in [3.8, 4) is 11.3 Å².